The molecule has 0 aromatic heterocycles. The number of carbonyl (C=O) groups is 1. The Labute approximate surface area is 86.3 Å². The fourth-order valence-corrected chi connectivity index (χ4v) is 1.08. The second-order valence-electron chi connectivity index (χ2n) is 2.23. The first-order valence-corrected chi connectivity index (χ1v) is 4.78. The molecular formula is C8H8NOY. The predicted molar refractivity (Wildman–Crippen MR) is 38.3 cm³/mol. The number of nitrogens with one attached hydrogen (secondary N) is 1. The third-order valence-corrected chi connectivity index (χ3v) is 2.16. The van der Waals surface area contributed by atoms with Gasteiger partial charge in [-0.05, 0) is 0 Å². The van der Waals surface area contributed by atoms with Gasteiger partial charge in [0.05, 0.1) is 0 Å². The molecule has 2 nitrogen and oxygen atoms in total. The molecule has 1 aromatic carbocycles. The van der Waals surface area contributed by atoms with E-state index in [0.717, 1.165) is 36.9 Å². The number of hydrogen-bond donors (Lipinski definition) is 1. The second kappa shape index (κ2) is 4.63. The molecule has 0 aliphatic heterocycles. The first-order chi connectivity index (χ1) is 5.33. The van der Waals surface area contributed by atoms with Crippen molar-refractivity contribution in [1.29, 1.82) is 0 Å². The Bertz CT molecular complexity index is 235. The molecule has 0 aliphatic carbocycles. The standard InChI is InChI=1S/C8H9NO.Y/c9-8(10)6-7-4-2-1-3-5-7;/h1-5H,6H2,(H2,9,10);/q;+1/p-1. The van der Waals surface area contributed by atoms with Gasteiger partial charge >= 0.3 is 86.8 Å². The fourth-order valence-electron chi connectivity index (χ4n) is 0.832. The molecule has 0 bridgehead atoms. The number of benzene rings is 1. The zero-order valence-corrected chi connectivity index (χ0v) is 8.92. The maximum absolute atomic E-state index is 10.9. The van der Waals surface area contributed by atoms with Crippen LogP contribution in [0.25, 0.3) is 0 Å². The third-order valence-electron chi connectivity index (χ3n) is 1.37. The first-order valence-electron chi connectivity index (χ1n) is 3.36. The summed E-state index contributed by atoms with van der Waals surface area (Å²) in [7, 11) is 0. The molecule has 0 aliphatic rings. The molecule has 1 amide bonds. The Morgan fingerprint density at radius 3 is 2.55 bits per heavy atom. The van der Waals surface area contributed by atoms with Crippen LogP contribution in [0.4, 0.5) is 0 Å². The van der Waals surface area contributed by atoms with Crippen LogP contribution in [0.2, 0.25) is 0 Å². The van der Waals surface area contributed by atoms with E-state index in [2.05, 4.69) is 2.45 Å². The first kappa shape index (κ1) is 8.89. The quantitative estimate of drug-likeness (QED) is 0.789. The fraction of sp³-hybridized carbons (Fsp3) is 0.125. The van der Waals surface area contributed by atoms with Gasteiger partial charge in [-0.1, -0.05) is 0 Å². The zero-order valence-electron chi connectivity index (χ0n) is 6.08. The van der Waals surface area contributed by atoms with E-state index in [4.69, 9.17) is 0 Å². The van der Waals surface area contributed by atoms with Gasteiger partial charge in [0, 0.05) is 0 Å². The van der Waals surface area contributed by atoms with Gasteiger partial charge < -0.3 is 0 Å². The topological polar surface area (TPSA) is 29.1 Å². The Morgan fingerprint density at radius 2 is 2.00 bits per heavy atom. The molecule has 0 atom stereocenters. The van der Waals surface area contributed by atoms with E-state index in [1.165, 1.54) is 0 Å². The second-order valence-corrected chi connectivity index (χ2v) is 2.94. The molecular weight excluding hydrogens is 215 g/mol. The van der Waals surface area contributed by atoms with Crippen molar-refractivity contribution in [2.45, 2.75) is 6.42 Å². The van der Waals surface area contributed by atoms with Crippen molar-refractivity contribution in [3.63, 3.8) is 0 Å². The summed E-state index contributed by atoms with van der Waals surface area (Å²) in [5, 5.41) is 0. The summed E-state index contributed by atoms with van der Waals surface area (Å²) in [6.07, 6.45) is 0.502. The molecule has 0 fully saturated rings. The van der Waals surface area contributed by atoms with Gasteiger partial charge in [0.25, 0.3) is 0 Å². The number of hydrogen-bond acceptors (Lipinski definition) is 1. The summed E-state index contributed by atoms with van der Waals surface area (Å²) in [6.45, 7) is 0. The molecule has 0 heterocycles. The van der Waals surface area contributed by atoms with E-state index in [0.29, 0.717) is 6.42 Å². The van der Waals surface area contributed by atoms with E-state index in [9.17, 15) is 4.79 Å². The zero-order chi connectivity index (χ0) is 8.10. The van der Waals surface area contributed by atoms with E-state index in [-0.39, 0.29) is 5.91 Å². The van der Waals surface area contributed by atoms with Gasteiger partial charge in [-0.25, -0.2) is 0 Å². The van der Waals surface area contributed by atoms with Crippen LogP contribution < -0.4 is 2.45 Å². The number of amides is 1. The van der Waals surface area contributed by atoms with Crippen LogP contribution in [0.5, 0.6) is 0 Å². The molecule has 1 aromatic rings. The van der Waals surface area contributed by atoms with Crippen LogP contribution in [0.1, 0.15) is 5.56 Å². The molecule has 0 saturated heterocycles. The van der Waals surface area contributed by atoms with Crippen LogP contribution in [-0.2, 0) is 42.5 Å². The SMILES string of the molecule is O=C(Cc1ccccc1)[NH][Y]. The average molecular weight is 223 g/mol. The van der Waals surface area contributed by atoms with Crippen LogP contribution in [0.3, 0.4) is 0 Å². The minimum atomic E-state index is 0.110. The van der Waals surface area contributed by atoms with E-state index in [1.54, 1.807) is 0 Å². The summed E-state index contributed by atoms with van der Waals surface area (Å²) < 4.78 is 2.70. The van der Waals surface area contributed by atoms with Crippen LogP contribution in [-0.4, -0.2) is 5.91 Å². The Hall–Kier alpha value is -0.206. The monoisotopic (exact) mass is 223 g/mol. The molecule has 1 rings (SSSR count). The van der Waals surface area contributed by atoms with E-state index < -0.39 is 0 Å². The van der Waals surface area contributed by atoms with Gasteiger partial charge in [-0.15, -0.1) is 0 Å². The summed E-state index contributed by atoms with van der Waals surface area (Å²) in [5.74, 6) is 0.110. The summed E-state index contributed by atoms with van der Waals surface area (Å²) in [4.78, 5) is 10.9. The van der Waals surface area contributed by atoms with Gasteiger partial charge in [0.1, 0.15) is 0 Å². The Balaban J connectivity index is 2.58. The van der Waals surface area contributed by atoms with Gasteiger partial charge in [-0.2, -0.15) is 0 Å². The van der Waals surface area contributed by atoms with Crippen molar-refractivity contribution in [1.82, 2.24) is 2.45 Å². The molecule has 54 valence electrons. The van der Waals surface area contributed by atoms with Crippen molar-refractivity contribution in [3.8, 4) is 0 Å². The number of carbonyl (C=O) groups excluding carboxylic acids is 1. The van der Waals surface area contributed by atoms with E-state index >= 15 is 0 Å². The van der Waals surface area contributed by atoms with Gasteiger partial charge in [-0.3, -0.25) is 0 Å². The Morgan fingerprint density at radius 1 is 1.36 bits per heavy atom. The molecule has 11 heavy (non-hydrogen) atoms. The van der Waals surface area contributed by atoms with Crippen LogP contribution in [0.15, 0.2) is 30.3 Å². The molecule has 1 N–H and O–H groups in total. The minimum absolute atomic E-state index is 0.110. The average Bonchev–Trinajstić information content (AvgIpc) is 2.06. The summed E-state index contributed by atoms with van der Waals surface area (Å²) >= 11 is 0.792. The molecule has 0 radical (unpaired) electrons. The maximum atomic E-state index is 10.9. The number of rotatable bonds is 2. The third kappa shape index (κ3) is 3.13. The predicted octanol–water partition coefficient (Wildman–Crippen LogP) is 0.807. The summed E-state index contributed by atoms with van der Waals surface area (Å²) in [5.41, 5.74) is 1.07. The van der Waals surface area contributed by atoms with Crippen molar-refractivity contribution in [3.05, 3.63) is 35.9 Å². The van der Waals surface area contributed by atoms with E-state index in [1.807, 2.05) is 30.3 Å². The molecule has 3 heteroatoms. The van der Waals surface area contributed by atoms with Crippen molar-refractivity contribution < 1.29 is 36.1 Å². The molecule has 0 spiro atoms. The normalized spacial score (nSPS) is 9.00. The molecule has 0 saturated carbocycles. The van der Waals surface area contributed by atoms with Crippen molar-refractivity contribution in [2.24, 2.45) is 0 Å². The summed E-state index contributed by atoms with van der Waals surface area (Å²) in [6, 6.07) is 9.73. The van der Waals surface area contributed by atoms with Crippen molar-refractivity contribution in [2.75, 3.05) is 0 Å². The van der Waals surface area contributed by atoms with Crippen molar-refractivity contribution >= 4 is 5.91 Å². The Kier molecular flexibility index (Phi) is 3.74. The van der Waals surface area contributed by atoms with Gasteiger partial charge in [0.2, 0.25) is 0 Å². The van der Waals surface area contributed by atoms with Crippen LogP contribution >= 0.6 is 0 Å². The van der Waals surface area contributed by atoms with Gasteiger partial charge in [0.15, 0.2) is 0 Å². The van der Waals surface area contributed by atoms with Crippen LogP contribution in [0, 0.1) is 0 Å². The molecule has 0 unspecified atom stereocenters.